The van der Waals surface area contributed by atoms with E-state index in [1.165, 1.54) is 0 Å². The molecule has 0 aliphatic heterocycles. The Bertz CT molecular complexity index is 392. The van der Waals surface area contributed by atoms with Gasteiger partial charge in [0.05, 0.1) is 5.82 Å². The highest BCUT2D eigenvalue weighted by molar-refractivity contribution is 5.20. The van der Waals surface area contributed by atoms with Gasteiger partial charge in [0.2, 0.25) is 0 Å². The minimum Gasteiger partial charge on any atom is -0.385 e. The normalized spacial score (nSPS) is 15.4. The lowest BCUT2D eigenvalue weighted by Gasteiger charge is -2.26. The van der Waals surface area contributed by atoms with Crippen molar-refractivity contribution in [2.24, 2.45) is 17.1 Å². The summed E-state index contributed by atoms with van der Waals surface area (Å²) in [6.45, 7) is 16.1. The van der Waals surface area contributed by atoms with Crippen LogP contribution in [0, 0.1) is 11.3 Å². The van der Waals surface area contributed by atoms with E-state index in [0.717, 1.165) is 11.4 Å². The zero-order valence-corrected chi connectivity index (χ0v) is 13.0. The molecule has 2 heteroatoms. The van der Waals surface area contributed by atoms with Crippen molar-refractivity contribution in [2.75, 3.05) is 7.05 Å². The molecule has 2 nitrogen and oxygen atoms in total. The summed E-state index contributed by atoms with van der Waals surface area (Å²) in [5.74, 6) is 0.967. The molecule has 0 aromatic rings. The molecule has 0 aliphatic carbocycles. The molecule has 0 aliphatic rings. The van der Waals surface area contributed by atoms with Crippen LogP contribution in [0.25, 0.3) is 0 Å². The van der Waals surface area contributed by atoms with Crippen LogP contribution in [0.5, 0.6) is 0 Å². The van der Waals surface area contributed by atoms with Crippen molar-refractivity contribution in [3.8, 4) is 0 Å². The van der Waals surface area contributed by atoms with Crippen molar-refractivity contribution in [2.45, 2.75) is 27.7 Å². The Hall–Kier alpha value is -1.70. The first-order valence-corrected chi connectivity index (χ1v) is 6.52. The second-order valence-corrected chi connectivity index (χ2v) is 5.79. The number of nitrogens with two attached hydrogens (primary N) is 1. The van der Waals surface area contributed by atoms with E-state index < -0.39 is 0 Å². The standard InChI is InChI=1S/C17H28N2/c1-8-14(3)11-10-12-19(7)16(18)13-15(9-2)17(4,5)6/h8-13,15H,1-2,18H2,3-7H3/b12-10+,14-11-,16-13-. The predicted molar refractivity (Wildman–Crippen MR) is 86.3 cm³/mol. The Morgan fingerprint density at radius 3 is 2.26 bits per heavy atom. The molecule has 1 unspecified atom stereocenters. The van der Waals surface area contributed by atoms with Gasteiger partial charge in [0.1, 0.15) is 0 Å². The Labute approximate surface area is 118 Å². The quantitative estimate of drug-likeness (QED) is 0.572. The average Bonchev–Trinajstić information content (AvgIpc) is 2.33. The molecular formula is C17H28N2. The minimum atomic E-state index is 0.121. The number of rotatable bonds is 6. The zero-order chi connectivity index (χ0) is 15.1. The Morgan fingerprint density at radius 1 is 1.26 bits per heavy atom. The van der Waals surface area contributed by atoms with Crippen LogP contribution in [0.1, 0.15) is 27.7 Å². The topological polar surface area (TPSA) is 29.3 Å². The predicted octanol–water partition coefficient (Wildman–Crippen LogP) is 4.21. The van der Waals surface area contributed by atoms with E-state index in [1.54, 1.807) is 0 Å². The van der Waals surface area contributed by atoms with E-state index >= 15 is 0 Å². The van der Waals surface area contributed by atoms with E-state index in [1.807, 2.05) is 55.5 Å². The number of allylic oxidation sites excluding steroid dienone is 6. The molecule has 0 aromatic heterocycles. The van der Waals surface area contributed by atoms with Crippen LogP contribution < -0.4 is 5.73 Å². The van der Waals surface area contributed by atoms with Crippen molar-refractivity contribution in [3.63, 3.8) is 0 Å². The van der Waals surface area contributed by atoms with Gasteiger partial charge < -0.3 is 10.6 Å². The Kier molecular flexibility index (Phi) is 6.99. The van der Waals surface area contributed by atoms with Crippen LogP contribution in [0.2, 0.25) is 0 Å². The van der Waals surface area contributed by atoms with Crippen LogP contribution in [0.4, 0.5) is 0 Å². The van der Waals surface area contributed by atoms with E-state index in [0.29, 0.717) is 0 Å². The largest absolute Gasteiger partial charge is 0.385 e. The average molecular weight is 260 g/mol. The summed E-state index contributed by atoms with van der Waals surface area (Å²) in [7, 11) is 1.93. The van der Waals surface area contributed by atoms with Crippen molar-refractivity contribution in [3.05, 3.63) is 61.1 Å². The third-order valence-electron chi connectivity index (χ3n) is 3.00. The zero-order valence-electron chi connectivity index (χ0n) is 13.0. The van der Waals surface area contributed by atoms with Crippen LogP contribution in [-0.2, 0) is 0 Å². The number of hydrogen-bond donors (Lipinski definition) is 1. The van der Waals surface area contributed by atoms with Gasteiger partial charge in [-0.05, 0) is 24.5 Å². The number of nitrogens with zero attached hydrogens (tertiary/aromatic N) is 1. The summed E-state index contributed by atoms with van der Waals surface area (Å²) in [5.41, 5.74) is 7.32. The monoisotopic (exact) mass is 260 g/mol. The summed E-state index contributed by atoms with van der Waals surface area (Å²) < 4.78 is 0. The maximum atomic E-state index is 6.09. The number of hydrogen-bond acceptors (Lipinski definition) is 2. The van der Waals surface area contributed by atoms with Gasteiger partial charge in [-0.3, -0.25) is 0 Å². The van der Waals surface area contributed by atoms with E-state index in [2.05, 4.69) is 33.9 Å². The molecule has 0 aromatic carbocycles. The van der Waals surface area contributed by atoms with Crippen molar-refractivity contribution in [1.82, 2.24) is 4.90 Å². The minimum absolute atomic E-state index is 0.121. The van der Waals surface area contributed by atoms with Crippen molar-refractivity contribution >= 4 is 0 Å². The fourth-order valence-electron chi connectivity index (χ4n) is 1.45. The van der Waals surface area contributed by atoms with Gasteiger partial charge >= 0.3 is 0 Å². The molecule has 0 heterocycles. The summed E-state index contributed by atoms with van der Waals surface area (Å²) in [5, 5.41) is 0. The van der Waals surface area contributed by atoms with Gasteiger partial charge in [-0.2, -0.15) is 0 Å². The Morgan fingerprint density at radius 2 is 1.84 bits per heavy atom. The summed E-state index contributed by atoms with van der Waals surface area (Å²) in [6, 6.07) is 0. The Balaban J connectivity index is 4.85. The maximum Gasteiger partial charge on any atom is 0.0989 e. The molecule has 1 atom stereocenters. The summed E-state index contributed by atoms with van der Waals surface area (Å²) in [4.78, 5) is 1.90. The molecule has 19 heavy (non-hydrogen) atoms. The lowest BCUT2D eigenvalue weighted by molar-refractivity contribution is 0.339. The molecule has 0 radical (unpaired) electrons. The van der Waals surface area contributed by atoms with Gasteiger partial charge in [0.15, 0.2) is 0 Å². The molecule has 0 rings (SSSR count). The fourth-order valence-corrected chi connectivity index (χ4v) is 1.45. The molecular weight excluding hydrogens is 232 g/mol. The molecule has 0 amide bonds. The first kappa shape index (κ1) is 17.3. The van der Waals surface area contributed by atoms with Crippen molar-refractivity contribution < 1.29 is 0 Å². The van der Waals surface area contributed by atoms with Crippen molar-refractivity contribution in [1.29, 1.82) is 0 Å². The van der Waals surface area contributed by atoms with E-state index in [9.17, 15) is 0 Å². The van der Waals surface area contributed by atoms with E-state index in [-0.39, 0.29) is 11.3 Å². The second-order valence-electron chi connectivity index (χ2n) is 5.79. The first-order chi connectivity index (χ1) is 8.72. The fraction of sp³-hybridized carbons (Fsp3) is 0.412. The van der Waals surface area contributed by atoms with Gasteiger partial charge in [0.25, 0.3) is 0 Å². The molecule has 106 valence electrons. The lowest BCUT2D eigenvalue weighted by atomic mass is 9.80. The maximum absolute atomic E-state index is 6.09. The molecule has 2 N–H and O–H groups in total. The SMILES string of the molecule is C=C/C(C)=C\C=C\N(C)/C(N)=C\C(C=C)C(C)(C)C. The molecule has 0 fully saturated rings. The van der Waals surface area contributed by atoms with E-state index in [4.69, 9.17) is 5.73 Å². The molecule has 0 saturated heterocycles. The van der Waals surface area contributed by atoms with Gasteiger partial charge in [-0.25, -0.2) is 0 Å². The highest BCUT2D eigenvalue weighted by atomic mass is 15.1. The van der Waals surface area contributed by atoms with Gasteiger partial charge in [-0.15, -0.1) is 6.58 Å². The highest BCUT2D eigenvalue weighted by Crippen LogP contribution is 2.28. The van der Waals surface area contributed by atoms with Crippen LogP contribution >= 0.6 is 0 Å². The molecule has 0 spiro atoms. The summed E-state index contributed by atoms with van der Waals surface area (Å²) >= 11 is 0. The third-order valence-corrected chi connectivity index (χ3v) is 3.00. The van der Waals surface area contributed by atoms with Gasteiger partial charge in [0, 0.05) is 19.2 Å². The van der Waals surface area contributed by atoms with Crippen LogP contribution in [-0.4, -0.2) is 11.9 Å². The molecule has 0 saturated carbocycles. The second kappa shape index (κ2) is 7.67. The van der Waals surface area contributed by atoms with Crippen LogP contribution in [0.3, 0.4) is 0 Å². The van der Waals surface area contributed by atoms with Gasteiger partial charge in [-0.1, -0.05) is 51.2 Å². The lowest BCUT2D eigenvalue weighted by Crippen LogP contribution is -2.23. The smallest absolute Gasteiger partial charge is 0.0989 e. The first-order valence-electron chi connectivity index (χ1n) is 6.52. The van der Waals surface area contributed by atoms with Crippen LogP contribution in [0.15, 0.2) is 61.1 Å². The third kappa shape index (κ3) is 6.70. The summed E-state index contributed by atoms with van der Waals surface area (Å²) in [6.07, 6.45) is 11.7. The molecule has 0 bridgehead atoms. The highest BCUT2D eigenvalue weighted by Gasteiger charge is 2.20.